The molecule has 0 radical (unpaired) electrons. The first-order chi connectivity index (χ1) is 12.2. The predicted molar refractivity (Wildman–Crippen MR) is 96.0 cm³/mol. The normalized spacial score (nSPS) is 21.3. The van der Waals surface area contributed by atoms with E-state index in [0.29, 0.717) is 19.1 Å². The van der Waals surface area contributed by atoms with Crippen LogP contribution < -0.4 is 26.4 Å². The van der Waals surface area contributed by atoms with Crippen molar-refractivity contribution in [1.29, 1.82) is 0 Å². The molecule has 2 aliphatic heterocycles. The van der Waals surface area contributed by atoms with Crippen LogP contribution in [0.25, 0.3) is 0 Å². The van der Waals surface area contributed by atoms with E-state index in [0.717, 1.165) is 51.4 Å². The SMILES string of the molecule is O=C(NCCN1CCN(c2ccc(F)cc2)CC1)NCC1CCNN1. The van der Waals surface area contributed by atoms with Gasteiger partial charge in [-0.2, -0.15) is 0 Å². The minimum absolute atomic E-state index is 0.112. The second-order valence-electron chi connectivity index (χ2n) is 6.50. The molecule has 2 fully saturated rings. The average Bonchev–Trinajstić information content (AvgIpc) is 3.15. The molecule has 0 bridgehead atoms. The predicted octanol–water partition coefficient (Wildman–Crippen LogP) is 0.113. The third kappa shape index (κ3) is 5.55. The fourth-order valence-corrected chi connectivity index (χ4v) is 3.18. The van der Waals surface area contributed by atoms with Gasteiger partial charge in [-0.3, -0.25) is 15.8 Å². The van der Waals surface area contributed by atoms with Crippen LogP contribution in [0.2, 0.25) is 0 Å². The summed E-state index contributed by atoms with van der Waals surface area (Å²) in [5, 5.41) is 5.79. The number of piperazine rings is 1. The highest BCUT2D eigenvalue weighted by Gasteiger charge is 2.17. The summed E-state index contributed by atoms with van der Waals surface area (Å²) in [6.45, 7) is 6.77. The first-order valence-corrected chi connectivity index (χ1v) is 8.94. The first kappa shape index (κ1) is 17.9. The Kier molecular flexibility index (Phi) is 6.43. The highest BCUT2D eigenvalue weighted by Crippen LogP contribution is 2.16. The molecular formula is C17H27FN6O. The molecule has 2 aliphatic rings. The number of nitrogens with zero attached hydrogens (tertiary/aromatic N) is 2. The number of hydrazine groups is 1. The van der Waals surface area contributed by atoms with Gasteiger partial charge in [0.15, 0.2) is 0 Å². The van der Waals surface area contributed by atoms with Crippen LogP contribution in [-0.4, -0.2) is 69.3 Å². The van der Waals surface area contributed by atoms with E-state index in [1.54, 1.807) is 0 Å². The van der Waals surface area contributed by atoms with Crippen molar-refractivity contribution in [1.82, 2.24) is 26.4 Å². The van der Waals surface area contributed by atoms with Gasteiger partial charge in [0, 0.05) is 64.1 Å². The lowest BCUT2D eigenvalue weighted by atomic mass is 10.2. The molecular weight excluding hydrogens is 323 g/mol. The summed E-state index contributed by atoms with van der Waals surface area (Å²) in [6.07, 6.45) is 1.03. The van der Waals surface area contributed by atoms with Crippen molar-refractivity contribution < 1.29 is 9.18 Å². The summed E-state index contributed by atoms with van der Waals surface area (Å²) in [5.74, 6) is -0.202. The summed E-state index contributed by atoms with van der Waals surface area (Å²) in [4.78, 5) is 16.4. The van der Waals surface area contributed by atoms with Crippen molar-refractivity contribution in [3.8, 4) is 0 Å². The lowest BCUT2D eigenvalue weighted by Gasteiger charge is -2.36. The molecule has 2 saturated heterocycles. The topological polar surface area (TPSA) is 71.7 Å². The van der Waals surface area contributed by atoms with Crippen LogP contribution in [-0.2, 0) is 0 Å². The van der Waals surface area contributed by atoms with E-state index in [2.05, 4.69) is 31.3 Å². The van der Waals surface area contributed by atoms with Gasteiger partial charge in [-0.15, -0.1) is 0 Å². The Morgan fingerprint density at radius 1 is 1.16 bits per heavy atom. The largest absolute Gasteiger partial charge is 0.369 e. The standard InChI is InChI=1S/C17H27FN6O/c18-14-1-3-16(4-2-14)24-11-9-23(10-12-24)8-7-19-17(25)20-13-15-5-6-21-22-15/h1-4,15,21-22H,5-13H2,(H2,19,20,25). The number of hydrogen-bond donors (Lipinski definition) is 4. The molecule has 0 spiro atoms. The Morgan fingerprint density at radius 3 is 2.60 bits per heavy atom. The van der Waals surface area contributed by atoms with Crippen LogP contribution >= 0.6 is 0 Å². The number of urea groups is 1. The van der Waals surface area contributed by atoms with Gasteiger partial charge in [-0.1, -0.05) is 0 Å². The molecule has 1 aromatic rings. The second-order valence-corrected chi connectivity index (χ2v) is 6.50. The van der Waals surface area contributed by atoms with E-state index in [9.17, 15) is 9.18 Å². The zero-order chi connectivity index (χ0) is 17.5. The van der Waals surface area contributed by atoms with Crippen LogP contribution in [0.15, 0.2) is 24.3 Å². The van der Waals surface area contributed by atoms with Gasteiger partial charge in [0.25, 0.3) is 0 Å². The maximum Gasteiger partial charge on any atom is 0.314 e. The van der Waals surface area contributed by atoms with Gasteiger partial charge in [-0.05, 0) is 30.7 Å². The lowest BCUT2D eigenvalue weighted by molar-refractivity contribution is 0.231. The molecule has 0 saturated carbocycles. The van der Waals surface area contributed by atoms with Crippen molar-refractivity contribution in [3.63, 3.8) is 0 Å². The van der Waals surface area contributed by atoms with Crippen LogP contribution in [0.3, 0.4) is 0 Å². The Morgan fingerprint density at radius 2 is 1.92 bits per heavy atom. The molecule has 25 heavy (non-hydrogen) atoms. The van der Waals surface area contributed by atoms with Gasteiger partial charge in [0.1, 0.15) is 5.82 Å². The Balaban J connectivity index is 1.28. The van der Waals surface area contributed by atoms with Crippen LogP contribution in [0.4, 0.5) is 14.9 Å². The maximum atomic E-state index is 13.0. The fourth-order valence-electron chi connectivity index (χ4n) is 3.18. The van der Waals surface area contributed by atoms with E-state index in [-0.39, 0.29) is 11.8 Å². The van der Waals surface area contributed by atoms with Crippen LogP contribution in [0, 0.1) is 5.82 Å². The first-order valence-electron chi connectivity index (χ1n) is 8.94. The molecule has 7 nitrogen and oxygen atoms in total. The van der Waals surface area contributed by atoms with Crippen LogP contribution in [0.1, 0.15) is 6.42 Å². The molecule has 2 amide bonds. The lowest BCUT2D eigenvalue weighted by Crippen LogP contribution is -2.49. The zero-order valence-electron chi connectivity index (χ0n) is 14.4. The third-order valence-corrected chi connectivity index (χ3v) is 4.71. The van der Waals surface area contributed by atoms with Crippen molar-refractivity contribution in [2.24, 2.45) is 0 Å². The van der Waals surface area contributed by atoms with Crippen molar-refractivity contribution in [2.75, 3.05) is 57.3 Å². The van der Waals surface area contributed by atoms with Gasteiger partial charge in [0.05, 0.1) is 0 Å². The third-order valence-electron chi connectivity index (χ3n) is 4.71. The van der Waals surface area contributed by atoms with Crippen LogP contribution in [0.5, 0.6) is 0 Å². The van der Waals surface area contributed by atoms with E-state index < -0.39 is 0 Å². The van der Waals surface area contributed by atoms with Crippen molar-refractivity contribution in [2.45, 2.75) is 12.5 Å². The molecule has 2 heterocycles. The van der Waals surface area contributed by atoms with E-state index in [1.807, 2.05) is 12.1 Å². The van der Waals surface area contributed by atoms with Gasteiger partial charge >= 0.3 is 6.03 Å². The Bertz CT molecular complexity index is 541. The summed E-state index contributed by atoms with van der Waals surface area (Å²) in [6, 6.07) is 6.85. The maximum absolute atomic E-state index is 13.0. The fraction of sp³-hybridized carbons (Fsp3) is 0.588. The van der Waals surface area contributed by atoms with Crippen molar-refractivity contribution in [3.05, 3.63) is 30.1 Å². The van der Waals surface area contributed by atoms with E-state index in [1.165, 1.54) is 12.1 Å². The van der Waals surface area contributed by atoms with Gasteiger partial charge < -0.3 is 15.5 Å². The van der Waals surface area contributed by atoms with Crippen molar-refractivity contribution >= 4 is 11.7 Å². The molecule has 1 aromatic carbocycles. The minimum atomic E-state index is -0.202. The second kappa shape index (κ2) is 8.98. The quantitative estimate of drug-likeness (QED) is 0.586. The average molecular weight is 350 g/mol. The molecule has 8 heteroatoms. The molecule has 138 valence electrons. The molecule has 1 unspecified atom stereocenters. The number of amides is 2. The number of rotatable bonds is 6. The number of nitrogens with one attached hydrogen (secondary N) is 4. The summed E-state index contributed by atoms with van der Waals surface area (Å²) < 4.78 is 13.0. The highest BCUT2D eigenvalue weighted by molar-refractivity contribution is 5.73. The number of anilines is 1. The summed E-state index contributed by atoms with van der Waals surface area (Å²) in [5.41, 5.74) is 7.23. The van der Waals surface area contributed by atoms with Gasteiger partial charge in [0.2, 0.25) is 0 Å². The molecule has 1 atom stereocenters. The minimum Gasteiger partial charge on any atom is -0.369 e. The smallest absolute Gasteiger partial charge is 0.314 e. The monoisotopic (exact) mass is 350 g/mol. The number of halogens is 1. The van der Waals surface area contributed by atoms with E-state index in [4.69, 9.17) is 0 Å². The molecule has 3 rings (SSSR count). The number of hydrogen-bond acceptors (Lipinski definition) is 5. The van der Waals surface area contributed by atoms with E-state index >= 15 is 0 Å². The molecule has 0 aliphatic carbocycles. The Labute approximate surface area is 147 Å². The Hall–Kier alpha value is -1.90. The summed E-state index contributed by atoms with van der Waals surface area (Å²) >= 11 is 0. The zero-order valence-corrected chi connectivity index (χ0v) is 14.4. The molecule has 0 aromatic heterocycles. The number of carbonyl (C=O) groups is 1. The highest BCUT2D eigenvalue weighted by atomic mass is 19.1. The number of carbonyl (C=O) groups excluding carboxylic acids is 1. The molecule has 4 N–H and O–H groups in total. The van der Waals surface area contributed by atoms with Gasteiger partial charge in [-0.25, -0.2) is 9.18 Å². The number of benzene rings is 1. The summed E-state index contributed by atoms with van der Waals surface area (Å²) in [7, 11) is 0.